The first kappa shape index (κ1) is 13.1. The maximum atomic E-state index is 12.0. The molecule has 0 bridgehead atoms. The summed E-state index contributed by atoms with van der Waals surface area (Å²) in [6, 6.07) is 8.97. The summed E-state index contributed by atoms with van der Waals surface area (Å²) in [7, 11) is 0. The molecule has 2 rings (SSSR count). The van der Waals surface area contributed by atoms with Gasteiger partial charge in [-0.1, -0.05) is 43.7 Å². The summed E-state index contributed by atoms with van der Waals surface area (Å²) in [6.07, 6.45) is 4.86. The minimum atomic E-state index is -0.552. The molecule has 0 unspecified atom stereocenters. The van der Waals surface area contributed by atoms with Crippen molar-refractivity contribution in [2.75, 3.05) is 6.54 Å². The maximum Gasteiger partial charge on any atom is 0.241 e. The Morgan fingerprint density at radius 2 is 2.06 bits per heavy atom. The predicted octanol–water partition coefficient (Wildman–Crippen LogP) is 2.38. The molecule has 1 atom stereocenters. The summed E-state index contributed by atoms with van der Waals surface area (Å²) in [5.74, 6) is -0.0661. The molecule has 3 nitrogen and oxygen atoms in total. The van der Waals surface area contributed by atoms with Crippen molar-refractivity contribution in [1.82, 2.24) is 5.32 Å². The van der Waals surface area contributed by atoms with Crippen molar-refractivity contribution in [3.05, 3.63) is 35.9 Å². The van der Waals surface area contributed by atoms with Gasteiger partial charge in [0.2, 0.25) is 5.91 Å². The third kappa shape index (κ3) is 3.10. The van der Waals surface area contributed by atoms with Gasteiger partial charge in [-0.15, -0.1) is 0 Å². The smallest absolute Gasteiger partial charge is 0.241 e. The van der Waals surface area contributed by atoms with Crippen LogP contribution in [0.4, 0.5) is 0 Å². The molecule has 1 saturated carbocycles. The fourth-order valence-electron chi connectivity index (χ4n) is 2.42. The third-order valence-corrected chi connectivity index (χ3v) is 3.82. The Kier molecular flexibility index (Phi) is 4.02. The first-order valence-electron chi connectivity index (χ1n) is 6.75. The van der Waals surface area contributed by atoms with Crippen molar-refractivity contribution < 1.29 is 4.79 Å². The van der Waals surface area contributed by atoms with Crippen LogP contribution < -0.4 is 11.1 Å². The highest BCUT2D eigenvalue weighted by Gasteiger charge is 2.41. The van der Waals surface area contributed by atoms with Crippen LogP contribution in [0.15, 0.2) is 30.3 Å². The summed E-state index contributed by atoms with van der Waals surface area (Å²) < 4.78 is 0. The lowest BCUT2D eigenvalue weighted by Gasteiger charge is -2.17. The van der Waals surface area contributed by atoms with Crippen LogP contribution in [0.25, 0.3) is 0 Å². The number of hydrogen-bond acceptors (Lipinski definition) is 2. The van der Waals surface area contributed by atoms with Crippen LogP contribution in [0.5, 0.6) is 0 Å². The summed E-state index contributed by atoms with van der Waals surface area (Å²) in [5.41, 5.74) is 7.20. The van der Waals surface area contributed by atoms with E-state index in [1.807, 2.05) is 30.3 Å². The van der Waals surface area contributed by atoms with Crippen LogP contribution in [0, 0.1) is 5.41 Å². The molecule has 0 aliphatic heterocycles. The molecule has 3 heteroatoms. The molecule has 3 N–H and O–H groups in total. The Morgan fingerprint density at radius 1 is 1.39 bits per heavy atom. The van der Waals surface area contributed by atoms with Gasteiger partial charge in [0.15, 0.2) is 0 Å². The highest BCUT2D eigenvalue weighted by Crippen LogP contribution is 2.48. The van der Waals surface area contributed by atoms with E-state index in [0.717, 1.165) is 12.1 Å². The molecule has 0 heterocycles. The molecule has 1 amide bonds. The number of nitrogens with two attached hydrogens (primary N) is 1. The van der Waals surface area contributed by atoms with Crippen molar-refractivity contribution in [3.63, 3.8) is 0 Å². The SMILES string of the molecule is CCCC1(CNC(=O)[C@@H](N)c2ccccc2)CC1. The van der Waals surface area contributed by atoms with E-state index in [4.69, 9.17) is 5.73 Å². The molecule has 1 aromatic rings. The zero-order valence-electron chi connectivity index (χ0n) is 11.0. The fourth-order valence-corrected chi connectivity index (χ4v) is 2.42. The average molecular weight is 246 g/mol. The van der Waals surface area contributed by atoms with Crippen LogP contribution in [-0.2, 0) is 4.79 Å². The quantitative estimate of drug-likeness (QED) is 0.809. The lowest BCUT2D eigenvalue weighted by molar-refractivity contribution is -0.122. The number of nitrogens with one attached hydrogen (secondary N) is 1. The van der Waals surface area contributed by atoms with Gasteiger partial charge in [-0.25, -0.2) is 0 Å². The van der Waals surface area contributed by atoms with Crippen LogP contribution in [0.3, 0.4) is 0 Å². The third-order valence-electron chi connectivity index (χ3n) is 3.82. The van der Waals surface area contributed by atoms with E-state index in [1.54, 1.807) is 0 Å². The molecule has 1 aromatic carbocycles. The topological polar surface area (TPSA) is 55.1 Å². The summed E-state index contributed by atoms with van der Waals surface area (Å²) in [5, 5.41) is 3.00. The zero-order valence-corrected chi connectivity index (χ0v) is 11.0. The molecule has 0 aromatic heterocycles. The molecule has 1 aliphatic rings. The highest BCUT2D eigenvalue weighted by atomic mass is 16.2. The van der Waals surface area contributed by atoms with E-state index in [-0.39, 0.29) is 5.91 Å². The standard InChI is InChI=1S/C15H22N2O/c1-2-8-15(9-10-15)11-17-14(18)13(16)12-6-4-3-5-7-12/h3-7,13H,2,8-11,16H2,1H3,(H,17,18)/t13-/m0/s1. The second kappa shape index (κ2) is 5.53. The van der Waals surface area contributed by atoms with Crippen molar-refractivity contribution >= 4 is 5.91 Å². The first-order valence-corrected chi connectivity index (χ1v) is 6.75. The predicted molar refractivity (Wildman–Crippen MR) is 73.0 cm³/mol. The molecule has 0 radical (unpaired) electrons. The molecule has 0 saturated heterocycles. The molecule has 1 fully saturated rings. The maximum absolute atomic E-state index is 12.0. The second-order valence-electron chi connectivity index (χ2n) is 5.36. The number of rotatable bonds is 6. The van der Waals surface area contributed by atoms with Crippen LogP contribution in [0.2, 0.25) is 0 Å². The van der Waals surface area contributed by atoms with Gasteiger partial charge in [-0.3, -0.25) is 4.79 Å². The van der Waals surface area contributed by atoms with Gasteiger partial charge in [0.25, 0.3) is 0 Å². The monoisotopic (exact) mass is 246 g/mol. The van der Waals surface area contributed by atoms with Crippen molar-refractivity contribution in [1.29, 1.82) is 0 Å². The molecular formula is C15H22N2O. The van der Waals surface area contributed by atoms with E-state index in [2.05, 4.69) is 12.2 Å². The Labute approximate surface area is 109 Å². The van der Waals surface area contributed by atoms with Crippen molar-refractivity contribution in [3.8, 4) is 0 Å². The Hall–Kier alpha value is -1.35. The highest BCUT2D eigenvalue weighted by molar-refractivity contribution is 5.82. The second-order valence-corrected chi connectivity index (χ2v) is 5.36. The van der Waals surface area contributed by atoms with Gasteiger partial charge >= 0.3 is 0 Å². The molecule has 1 aliphatic carbocycles. The van der Waals surface area contributed by atoms with Gasteiger partial charge in [0, 0.05) is 6.54 Å². The van der Waals surface area contributed by atoms with Gasteiger partial charge in [-0.05, 0) is 30.2 Å². The van der Waals surface area contributed by atoms with Crippen LogP contribution in [-0.4, -0.2) is 12.5 Å². The number of carbonyl (C=O) groups excluding carboxylic acids is 1. The van der Waals surface area contributed by atoms with E-state index in [9.17, 15) is 4.79 Å². The van der Waals surface area contributed by atoms with E-state index in [0.29, 0.717) is 5.41 Å². The number of carbonyl (C=O) groups is 1. The van der Waals surface area contributed by atoms with Crippen molar-refractivity contribution in [2.24, 2.45) is 11.1 Å². The van der Waals surface area contributed by atoms with Gasteiger partial charge in [0.1, 0.15) is 6.04 Å². The van der Waals surface area contributed by atoms with E-state index < -0.39 is 6.04 Å². The Morgan fingerprint density at radius 3 is 2.61 bits per heavy atom. The number of amides is 1. The normalized spacial score (nSPS) is 18.1. The van der Waals surface area contributed by atoms with Crippen molar-refractivity contribution in [2.45, 2.75) is 38.6 Å². The van der Waals surface area contributed by atoms with Gasteiger partial charge in [-0.2, -0.15) is 0 Å². The number of benzene rings is 1. The fraction of sp³-hybridized carbons (Fsp3) is 0.533. The van der Waals surface area contributed by atoms with E-state index in [1.165, 1.54) is 25.7 Å². The molecule has 18 heavy (non-hydrogen) atoms. The zero-order chi connectivity index (χ0) is 13.0. The first-order chi connectivity index (χ1) is 8.67. The molecule has 0 spiro atoms. The molecule has 98 valence electrons. The van der Waals surface area contributed by atoms with Crippen LogP contribution >= 0.6 is 0 Å². The summed E-state index contributed by atoms with van der Waals surface area (Å²) in [6.45, 7) is 2.97. The average Bonchev–Trinajstić information content (AvgIpc) is 3.17. The molecular weight excluding hydrogens is 224 g/mol. The Bertz CT molecular complexity index is 398. The van der Waals surface area contributed by atoms with Gasteiger partial charge in [0.05, 0.1) is 0 Å². The lowest BCUT2D eigenvalue weighted by Crippen LogP contribution is -2.37. The minimum Gasteiger partial charge on any atom is -0.354 e. The van der Waals surface area contributed by atoms with E-state index >= 15 is 0 Å². The largest absolute Gasteiger partial charge is 0.354 e. The van der Waals surface area contributed by atoms with Gasteiger partial charge < -0.3 is 11.1 Å². The lowest BCUT2D eigenvalue weighted by atomic mass is 10.0. The minimum absolute atomic E-state index is 0.0661. The van der Waals surface area contributed by atoms with Crippen LogP contribution in [0.1, 0.15) is 44.2 Å². The summed E-state index contributed by atoms with van der Waals surface area (Å²) in [4.78, 5) is 12.0. The Balaban J connectivity index is 1.85. The summed E-state index contributed by atoms with van der Waals surface area (Å²) >= 11 is 0. The number of hydrogen-bond donors (Lipinski definition) is 2.